The Kier molecular flexibility index (Phi) is 6.12. The minimum atomic E-state index is -0.122. The van der Waals surface area contributed by atoms with Crippen LogP contribution in [0.1, 0.15) is 24.0 Å². The highest BCUT2D eigenvalue weighted by atomic mass is 32.2. The molecule has 130 valence electrons. The van der Waals surface area contributed by atoms with Gasteiger partial charge in [-0.25, -0.2) is 4.98 Å². The normalized spacial score (nSPS) is 13.8. The van der Waals surface area contributed by atoms with Crippen molar-refractivity contribution in [1.82, 2.24) is 10.3 Å². The lowest BCUT2D eigenvalue weighted by Gasteiger charge is -2.06. The van der Waals surface area contributed by atoms with Gasteiger partial charge in [0.05, 0.1) is 6.61 Å². The van der Waals surface area contributed by atoms with Crippen LogP contribution in [0.4, 0.5) is 0 Å². The Morgan fingerprint density at radius 1 is 1.28 bits per heavy atom. The van der Waals surface area contributed by atoms with Crippen molar-refractivity contribution >= 4 is 23.7 Å². The number of nitrogens with zero attached hydrogens (tertiary/aromatic N) is 1. The van der Waals surface area contributed by atoms with E-state index in [1.807, 2.05) is 48.7 Å². The zero-order chi connectivity index (χ0) is 17.5. The number of hydrogen-bond acceptors (Lipinski definition) is 4. The van der Waals surface area contributed by atoms with E-state index in [2.05, 4.69) is 10.3 Å². The lowest BCUT2D eigenvalue weighted by Crippen LogP contribution is -2.20. The number of benzene rings is 1. The average molecular weight is 354 g/mol. The van der Waals surface area contributed by atoms with Crippen LogP contribution >= 0.6 is 11.8 Å². The summed E-state index contributed by atoms with van der Waals surface area (Å²) in [7, 11) is 0. The SMILES string of the molecule is CSc1ccc(/C=C/C(=O)NCc2ccc(OCC3CC3)nc2)cc1. The summed E-state index contributed by atoms with van der Waals surface area (Å²) in [6.45, 7) is 1.20. The maximum Gasteiger partial charge on any atom is 0.244 e. The van der Waals surface area contributed by atoms with Crippen LogP contribution in [-0.4, -0.2) is 23.8 Å². The van der Waals surface area contributed by atoms with Crippen molar-refractivity contribution < 1.29 is 9.53 Å². The van der Waals surface area contributed by atoms with E-state index in [0.29, 0.717) is 18.3 Å². The molecule has 1 heterocycles. The number of pyridine rings is 1. The molecule has 25 heavy (non-hydrogen) atoms. The standard InChI is InChI=1S/C20H22N2O2S/c1-25-18-8-4-15(5-9-18)6-10-19(23)21-12-17-7-11-20(22-13-17)24-14-16-2-3-16/h4-11,13,16H,2-3,12,14H2,1H3,(H,21,23)/b10-6+. The first kappa shape index (κ1) is 17.5. The molecule has 0 unspecified atom stereocenters. The van der Waals surface area contributed by atoms with Crippen LogP contribution in [0.2, 0.25) is 0 Å². The Hall–Kier alpha value is -2.27. The Bertz CT molecular complexity index is 722. The molecule has 1 aromatic heterocycles. The van der Waals surface area contributed by atoms with Crippen LogP contribution in [0, 0.1) is 5.92 Å². The molecule has 1 aliphatic carbocycles. The summed E-state index contributed by atoms with van der Waals surface area (Å²) in [6.07, 6.45) is 9.67. The molecule has 5 heteroatoms. The van der Waals surface area contributed by atoms with Crippen molar-refractivity contribution in [3.8, 4) is 5.88 Å². The van der Waals surface area contributed by atoms with Crippen LogP contribution < -0.4 is 10.1 Å². The first-order valence-corrected chi connectivity index (χ1v) is 9.63. The van der Waals surface area contributed by atoms with Gasteiger partial charge in [-0.3, -0.25) is 4.79 Å². The molecule has 0 saturated heterocycles. The number of carbonyl (C=O) groups excluding carboxylic acids is 1. The predicted octanol–water partition coefficient (Wildman–Crippen LogP) is 3.92. The molecule has 1 N–H and O–H groups in total. The first-order valence-electron chi connectivity index (χ1n) is 8.40. The largest absolute Gasteiger partial charge is 0.477 e. The summed E-state index contributed by atoms with van der Waals surface area (Å²) in [5.41, 5.74) is 1.96. The summed E-state index contributed by atoms with van der Waals surface area (Å²) in [6, 6.07) is 11.9. The lowest BCUT2D eigenvalue weighted by atomic mass is 10.2. The highest BCUT2D eigenvalue weighted by molar-refractivity contribution is 7.98. The molecular weight excluding hydrogens is 332 g/mol. The number of thioether (sulfide) groups is 1. The average Bonchev–Trinajstić information content (AvgIpc) is 3.49. The van der Waals surface area contributed by atoms with Crippen LogP contribution in [0.5, 0.6) is 5.88 Å². The van der Waals surface area contributed by atoms with Gasteiger partial charge in [0.2, 0.25) is 11.8 Å². The van der Waals surface area contributed by atoms with Gasteiger partial charge in [0.1, 0.15) is 0 Å². The Morgan fingerprint density at radius 2 is 2.08 bits per heavy atom. The van der Waals surface area contributed by atoms with Gasteiger partial charge in [0.15, 0.2) is 0 Å². The van der Waals surface area contributed by atoms with Gasteiger partial charge >= 0.3 is 0 Å². The monoisotopic (exact) mass is 354 g/mol. The van der Waals surface area contributed by atoms with Gasteiger partial charge < -0.3 is 10.1 Å². The third-order valence-electron chi connectivity index (χ3n) is 3.97. The van der Waals surface area contributed by atoms with Gasteiger partial charge in [-0.2, -0.15) is 0 Å². The summed E-state index contributed by atoms with van der Waals surface area (Å²) in [4.78, 5) is 17.4. The van der Waals surface area contributed by atoms with Crippen molar-refractivity contribution in [3.63, 3.8) is 0 Å². The number of carbonyl (C=O) groups is 1. The quantitative estimate of drug-likeness (QED) is 0.577. The number of hydrogen-bond donors (Lipinski definition) is 1. The highest BCUT2D eigenvalue weighted by Crippen LogP contribution is 2.29. The highest BCUT2D eigenvalue weighted by Gasteiger charge is 2.21. The van der Waals surface area contributed by atoms with E-state index in [1.54, 1.807) is 24.0 Å². The van der Waals surface area contributed by atoms with Crippen LogP contribution in [0.3, 0.4) is 0 Å². The van der Waals surface area contributed by atoms with Crippen molar-refractivity contribution in [3.05, 3.63) is 59.8 Å². The second kappa shape index (κ2) is 8.72. The van der Waals surface area contributed by atoms with E-state index in [-0.39, 0.29) is 5.91 Å². The topological polar surface area (TPSA) is 51.2 Å². The van der Waals surface area contributed by atoms with Gasteiger partial charge in [-0.15, -0.1) is 11.8 Å². The maximum atomic E-state index is 11.9. The van der Waals surface area contributed by atoms with Gasteiger partial charge in [-0.1, -0.05) is 18.2 Å². The van der Waals surface area contributed by atoms with Gasteiger partial charge in [0.25, 0.3) is 0 Å². The molecule has 0 radical (unpaired) electrons. The molecule has 0 bridgehead atoms. The molecule has 2 aromatic rings. The van der Waals surface area contributed by atoms with Crippen LogP contribution in [0.15, 0.2) is 53.6 Å². The predicted molar refractivity (Wildman–Crippen MR) is 102 cm³/mol. The molecule has 1 aromatic carbocycles. The number of aromatic nitrogens is 1. The zero-order valence-corrected chi connectivity index (χ0v) is 15.1. The Labute approximate surface area is 152 Å². The molecular formula is C20H22N2O2S. The summed E-state index contributed by atoms with van der Waals surface area (Å²) < 4.78 is 5.60. The Morgan fingerprint density at radius 3 is 2.72 bits per heavy atom. The summed E-state index contributed by atoms with van der Waals surface area (Å²) in [5.74, 6) is 1.24. The number of ether oxygens (including phenoxy) is 1. The third kappa shape index (κ3) is 5.94. The number of rotatable bonds is 8. The van der Waals surface area contributed by atoms with Crippen LogP contribution in [-0.2, 0) is 11.3 Å². The zero-order valence-electron chi connectivity index (χ0n) is 14.3. The minimum Gasteiger partial charge on any atom is -0.477 e. The third-order valence-corrected chi connectivity index (χ3v) is 4.71. The molecule has 1 amide bonds. The van der Waals surface area contributed by atoms with Crippen molar-refractivity contribution in [2.24, 2.45) is 5.92 Å². The fraction of sp³-hybridized carbons (Fsp3) is 0.300. The van der Waals surface area contributed by atoms with E-state index >= 15 is 0 Å². The van der Waals surface area contributed by atoms with Crippen molar-refractivity contribution in [2.45, 2.75) is 24.3 Å². The van der Waals surface area contributed by atoms with Crippen molar-refractivity contribution in [1.29, 1.82) is 0 Å². The molecule has 0 aliphatic heterocycles. The second-order valence-corrected chi connectivity index (χ2v) is 6.96. The Balaban J connectivity index is 1.43. The van der Waals surface area contributed by atoms with Crippen LogP contribution in [0.25, 0.3) is 6.08 Å². The van der Waals surface area contributed by atoms with E-state index in [0.717, 1.165) is 17.7 Å². The fourth-order valence-corrected chi connectivity index (χ4v) is 2.63. The van der Waals surface area contributed by atoms with Crippen molar-refractivity contribution in [2.75, 3.05) is 12.9 Å². The molecule has 0 atom stereocenters. The molecule has 4 nitrogen and oxygen atoms in total. The molecule has 0 spiro atoms. The number of amides is 1. The fourth-order valence-electron chi connectivity index (χ4n) is 2.22. The van der Waals surface area contributed by atoms with E-state index in [4.69, 9.17) is 4.74 Å². The molecule has 1 saturated carbocycles. The lowest BCUT2D eigenvalue weighted by molar-refractivity contribution is -0.116. The molecule has 1 aliphatic rings. The first-order chi connectivity index (χ1) is 12.2. The van der Waals surface area contributed by atoms with E-state index in [1.165, 1.54) is 17.7 Å². The summed E-state index contributed by atoms with van der Waals surface area (Å²) >= 11 is 1.70. The molecule has 1 fully saturated rings. The van der Waals surface area contributed by atoms with E-state index in [9.17, 15) is 4.79 Å². The summed E-state index contributed by atoms with van der Waals surface area (Å²) in [5, 5.41) is 2.86. The van der Waals surface area contributed by atoms with Gasteiger partial charge in [-0.05, 0) is 54.4 Å². The smallest absolute Gasteiger partial charge is 0.244 e. The number of nitrogens with one attached hydrogen (secondary N) is 1. The van der Waals surface area contributed by atoms with E-state index < -0.39 is 0 Å². The second-order valence-electron chi connectivity index (χ2n) is 6.08. The van der Waals surface area contributed by atoms with Gasteiger partial charge in [0, 0.05) is 29.8 Å². The maximum absolute atomic E-state index is 11.9. The minimum absolute atomic E-state index is 0.122. The molecule has 3 rings (SSSR count).